The lowest BCUT2D eigenvalue weighted by Crippen LogP contribution is -2.28. The number of nitrogens with one attached hydrogen (secondary N) is 2. The van der Waals surface area contributed by atoms with Gasteiger partial charge in [-0.2, -0.15) is 0 Å². The number of rotatable bonds is 12. The lowest BCUT2D eigenvalue weighted by atomic mass is 10.00. The van der Waals surface area contributed by atoms with Crippen LogP contribution in [0.2, 0.25) is 0 Å². The Hall–Kier alpha value is -3.92. The predicted molar refractivity (Wildman–Crippen MR) is 135 cm³/mol. The number of aliphatic hydroxyl groups is 1. The lowest BCUT2D eigenvalue weighted by molar-refractivity contribution is -0.124. The minimum atomic E-state index is -0.767. The fourth-order valence-corrected chi connectivity index (χ4v) is 3.75. The Bertz CT molecular complexity index is 1160. The van der Waals surface area contributed by atoms with Crippen LogP contribution >= 0.6 is 0 Å². The molecule has 0 radical (unpaired) electrons. The number of amides is 2. The first-order valence-corrected chi connectivity index (χ1v) is 11.5. The molecule has 9 nitrogen and oxygen atoms in total. The SMILES string of the molecule is CO[C@H](CC/C=C/C(=O)NO)[C@H](OC(=O)Nc1cccc2ccccc12)c1ccc(OCCO)cc1. The Morgan fingerprint density at radius 3 is 2.50 bits per heavy atom. The summed E-state index contributed by atoms with van der Waals surface area (Å²) in [6.45, 7) is 0.0660. The molecule has 0 bridgehead atoms. The maximum Gasteiger partial charge on any atom is 0.412 e. The van der Waals surface area contributed by atoms with Gasteiger partial charge in [-0.3, -0.25) is 15.3 Å². The number of aliphatic hydroxyl groups excluding tert-OH is 1. The molecule has 0 aliphatic rings. The third kappa shape index (κ3) is 7.54. The van der Waals surface area contributed by atoms with E-state index in [1.165, 1.54) is 18.7 Å². The summed E-state index contributed by atoms with van der Waals surface area (Å²) >= 11 is 0. The second-order valence-corrected chi connectivity index (χ2v) is 7.85. The molecule has 2 atom stereocenters. The highest BCUT2D eigenvalue weighted by Crippen LogP contribution is 2.30. The zero-order chi connectivity index (χ0) is 25.8. The van der Waals surface area contributed by atoms with Crippen molar-refractivity contribution in [3.8, 4) is 5.75 Å². The van der Waals surface area contributed by atoms with Gasteiger partial charge < -0.3 is 19.3 Å². The zero-order valence-electron chi connectivity index (χ0n) is 19.9. The lowest BCUT2D eigenvalue weighted by Gasteiger charge is -2.26. The quantitative estimate of drug-likeness (QED) is 0.167. The molecule has 3 aromatic rings. The first-order chi connectivity index (χ1) is 17.5. The Balaban J connectivity index is 1.79. The maximum atomic E-state index is 13.0. The summed E-state index contributed by atoms with van der Waals surface area (Å²) in [5.74, 6) is -0.0663. The van der Waals surface area contributed by atoms with Crippen LogP contribution < -0.4 is 15.5 Å². The van der Waals surface area contributed by atoms with Gasteiger partial charge in [0.25, 0.3) is 5.91 Å². The molecule has 0 aliphatic carbocycles. The molecule has 36 heavy (non-hydrogen) atoms. The van der Waals surface area contributed by atoms with E-state index in [4.69, 9.17) is 24.5 Å². The molecule has 0 spiro atoms. The Morgan fingerprint density at radius 1 is 1.03 bits per heavy atom. The molecule has 0 unspecified atom stereocenters. The number of hydrogen-bond donors (Lipinski definition) is 4. The number of anilines is 1. The molecule has 0 aromatic heterocycles. The minimum Gasteiger partial charge on any atom is -0.491 e. The van der Waals surface area contributed by atoms with Gasteiger partial charge in [0.15, 0.2) is 6.10 Å². The summed E-state index contributed by atoms with van der Waals surface area (Å²) in [4.78, 5) is 24.2. The molecule has 9 heteroatoms. The number of hydrogen-bond acceptors (Lipinski definition) is 7. The largest absolute Gasteiger partial charge is 0.491 e. The van der Waals surface area contributed by atoms with Gasteiger partial charge in [0.1, 0.15) is 12.4 Å². The van der Waals surface area contributed by atoms with E-state index in [1.54, 1.807) is 36.4 Å². The molecule has 2 amide bonds. The van der Waals surface area contributed by atoms with Crippen LogP contribution in [0.25, 0.3) is 10.8 Å². The summed E-state index contributed by atoms with van der Waals surface area (Å²) < 4.78 is 16.9. The Morgan fingerprint density at radius 2 is 1.78 bits per heavy atom. The van der Waals surface area contributed by atoms with Crippen molar-refractivity contribution >= 4 is 28.5 Å². The molecule has 0 aliphatic heterocycles. The van der Waals surface area contributed by atoms with Gasteiger partial charge in [-0.05, 0) is 42.0 Å². The molecule has 4 N–H and O–H groups in total. The van der Waals surface area contributed by atoms with Gasteiger partial charge in [-0.1, -0.05) is 54.6 Å². The summed E-state index contributed by atoms with van der Waals surface area (Å²) in [7, 11) is 1.52. The zero-order valence-corrected chi connectivity index (χ0v) is 19.9. The topological polar surface area (TPSA) is 126 Å². The first-order valence-electron chi connectivity index (χ1n) is 11.5. The first kappa shape index (κ1) is 26.7. The highest BCUT2D eigenvalue weighted by atomic mass is 16.6. The number of ether oxygens (including phenoxy) is 3. The van der Waals surface area contributed by atoms with Crippen LogP contribution in [0.15, 0.2) is 78.9 Å². The monoisotopic (exact) mass is 494 g/mol. The van der Waals surface area contributed by atoms with Crippen molar-refractivity contribution in [3.63, 3.8) is 0 Å². The van der Waals surface area contributed by atoms with Gasteiger partial charge in [0.2, 0.25) is 0 Å². The molecule has 3 aromatic carbocycles. The number of carbonyl (C=O) groups is 2. The predicted octanol–water partition coefficient (Wildman–Crippen LogP) is 4.36. The van der Waals surface area contributed by atoms with Crippen LogP contribution in [-0.4, -0.2) is 48.7 Å². The van der Waals surface area contributed by atoms with Gasteiger partial charge in [-0.15, -0.1) is 0 Å². The van der Waals surface area contributed by atoms with Crippen molar-refractivity contribution in [2.75, 3.05) is 25.6 Å². The summed E-state index contributed by atoms with van der Waals surface area (Å²) in [6.07, 6.45) is 1.73. The van der Waals surface area contributed by atoms with Gasteiger partial charge in [0.05, 0.1) is 18.4 Å². The molecule has 0 saturated heterocycles. The van der Waals surface area contributed by atoms with Gasteiger partial charge in [-0.25, -0.2) is 10.3 Å². The molecular formula is C27H30N2O7. The number of allylic oxidation sites excluding steroid dienone is 1. The van der Waals surface area contributed by atoms with E-state index >= 15 is 0 Å². The second-order valence-electron chi connectivity index (χ2n) is 7.85. The van der Waals surface area contributed by atoms with E-state index in [2.05, 4.69) is 5.32 Å². The third-order valence-corrected chi connectivity index (χ3v) is 5.47. The third-order valence-electron chi connectivity index (χ3n) is 5.47. The molecule has 0 heterocycles. The fraction of sp³-hybridized carbons (Fsp3) is 0.259. The number of fused-ring (bicyclic) bond motifs is 1. The van der Waals surface area contributed by atoms with Gasteiger partial charge in [0, 0.05) is 18.6 Å². The van der Waals surface area contributed by atoms with Crippen molar-refractivity contribution in [2.24, 2.45) is 0 Å². The van der Waals surface area contributed by atoms with E-state index < -0.39 is 24.2 Å². The average Bonchev–Trinajstić information content (AvgIpc) is 2.91. The van der Waals surface area contributed by atoms with Crippen molar-refractivity contribution < 1.29 is 34.1 Å². The summed E-state index contributed by atoms with van der Waals surface area (Å²) in [5, 5.41) is 22.3. The number of carbonyl (C=O) groups excluding carboxylic acids is 2. The van der Waals surface area contributed by atoms with E-state index in [1.807, 2.05) is 36.4 Å². The van der Waals surface area contributed by atoms with Crippen LogP contribution in [0.5, 0.6) is 5.75 Å². The maximum absolute atomic E-state index is 13.0. The molecular weight excluding hydrogens is 464 g/mol. The number of methoxy groups -OCH3 is 1. The van der Waals surface area contributed by atoms with Crippen molar-refractivity contribution in [3.05, 3.63) is 84.4 Å². The fourth-order valence-electron chi connectivity index (χ4n) is 3.75. The van der Waals surface area contributed by atoms with Crippen LogP contribution in [0.3, 0.4) is 0 Å². The Labute approximate surface area is 209 Å². The summed E-state index contributed by atoms with van der Waals surface area (Å²) in [5.41, 5.74) is 2.84. The normalized spacial score (nSPS) is 12.8. The minimum absolute atomic E-state index is 0.102. The number of hydroxylamine groups is 1. The second kappa shape index (κ2) is 13.8. The highest BCUT2D eigenvalue weighted by Gasteiger charge is 2.27. The van der Waals surface area contributed by atoms with Crippen LogP contribution in [0.1, 0.15) is 24.5 Å². The van der Waals surface area contributed by atoms with Gasteiger partial charge >= 0.3 is 6.09 Å². The molecule has 3 rings (SSSR count). The van der Waals surface area contributed by atoms with Crippen molar-refractivity contribution in [1.29, 1.82) is 0 Å². The van der Waals surface area contributed by atoms with E-state index in [9.17, 15) is 9.59 Å². The van der Waals surface area contributed by atoms with E-state index in [0.29, 0.717) is 29.8 Å². The smallest absolute Gasteiger partial charge is 0.412 e. The Kier molecular flexibility index (Phi) is 10.3. The summed E-state index contributed by atoms with van der Waals surface area (Å²) in [6, 6.07) is 20.3. The van der Waals surface area contributed by atoms with Crippen molar-refractivity contribution in [1.82, 2.24) is 5.48 Å². The highest BCUT2D eigenvalue weighted by molar-refractivity contribution is 6.00. The number of benzene rings is 3. The average molecular weight is 495 g/mol. The van der Waals surface area contributed by atoms with Crippen molar-refractivity contribution in [2.45, 2.75) is 25.0 Å². The van der Waals surface area contributed by atoms with Crippen LogP contribution in [-0.2, 0) is 14.3 Å². The van der Waals surface area contributed by atoms with Crippen LogP contribution in [0.4, 0.5) is 10.5 Å². The molecule has 0 saturated carbocycles. The molecule has 0 fully saturated rings. The standard InChI is InChI=1S/C27H30N2O7/c1-34-24(11-4-5-12-25(31)29-33)26(20-13-15-21(16-14-20)35-18-17-30)36-27(32)28-23-10-6-8-19-7-2-3-9-22(19)23/h2-3,5-10,12-16,24,26,30,33H,4,11,17-18H2,1H3,(H,28,32)(H,29,31)/b12-5+/t24-,26-/m1/s1. The van der Waals surface area contributed by atoms with E-state index in [0.717, 1.165) is 10.8 Å². The molecule has 190 valence electrons. The van der Waals surface area contributed by atoms with Crippen LogP contribution in [0, 0.1) is 0 Å². The van der Waals surface area contributed by atoms with E-state index in [-0.39, 0.29) is 13.2 Å².